The number of halogens is 4. The van der Waals surface area contributed by atoms with Crippen LogP contribution in [0.4, 0.5) is 15.4 Å². The van der Waals surface area contributed by atoms with Crippen molar-refractivity contribution in [3.05, 3.63) is 168 Å². The number of piperidine rings is 4. The van der Waals surface area contributed by atoms with Crippen molar-refractivity contribution in [3.63, 3.8) is 0 Å². The molecule has 3 amide bonds. The summed E-state index contributed by atoms with van der Waals surface area (Å²) in [6, 6.07) is 35.2. The molecular formula is C70H95Cl4N9O12. The van der Waals surface area contributed by atoms with E-state index >= 15 is 0 Å². The van der Waals surface area contributed by atoms with E-state index < -0.39 is 11.2 Å². The van der Waals surface area contributed by atoms with Crippen LogP contribution in [0.2, 0.25) is 20.1 Å². The Morgan fingerprint density at radius 1 is 0.505 bits per heavy atom. The number of carbonyl (C=O) groups is 3. The van der Waals surface area contributed by atoms with Gasteiger partial charge in [0.1, 0.15) is 40.0 Å². The van der Waals surface area contributed by atoms with E-state index in [1.165, 1.54) is 40.4 Å². The van der Waals surface area contributed by atoms with Crippen molar-refractivity contribution in [2.45, 2.75) is 111 Å². The van der Waals surface area contributed by atoms with Crippen LogP contribution in [-0.4, -0.2) is 153 Å². The molecule has 4 fully saturated rings. The number of nitrogens with zero attached hydrogens (tertiary/aromatic N) is 7. The molecule has 10 rings (SSSR count). The van der Waals surface area contributed by atoms with E-state index in [1.807, 2.05) is 119 Å². The Morgan fingerprint density at radius 2 is 0.863 bits per heavy atom. The van der Waals surface area contributed by atoms with Crippen molar-refractivity contribution < 1.29 is 48.3 Å². The number of nitrogens with two attached hydrogens (primary N) is 1. The number of aryl methyl sites for hydroxylation is 2. The number of aliphatic hydroxyl groups excluding tert-OH is 1. The third kappa shape index (κ3) is 30.1. The van der Waals surface area contributed by atoms with Crippen molar-refractivity contribution in [1.82, 2.24) is 39.6 Å². The number of phenolic OH excluding ortho intramolecular Hbond substituents is 1. The smallest absolute Gasteiger partial charge is 0.410 e. The quantitative estimate of drug-likeness (QED) is 0.0888. The molecule has 6 aromatic rings. The van der Waals surface area contributed by atoms with Crippen LogP contribution in [0.5, 0.6) is 23.0 Å². The summed E-state index contributed by atoms with van der Waals surface area (Å²) in [5.74, 6) is 4.63. The largest absolute Gasteiger partial charge is 0.506 e. The standard InChI is InChI=1S/C19H22ClN3O3.C17H24ClNO3.C12H16ClNO.C11H21NO3.C6H5ClO.C5H7N3O/c1-22-18(24)7-6-15(21-22)12-19(25)23-10-8-14(9-11-23)13-26-17-5-3-2-4-16(17)20;1-17(2,3)22-16(20)19-10-8-13(9-11-19)12-21-15-7-5-4-6-14(15)18;13-11-3-1-2-4-12(11)15-9-10-5-7-14-8-6-10;1-11(2,3)15-10(14)12-6-4-9(8-13)5-7-12;7-5-3-1-2-4-6(5)8;1-8-5(9)3-2-4(6)7-8/h2-7,14H,8-13H2,1H3;4-7,13H,8-12H2,1-3H3;1-4,10,14H,5-9H2;9,13H,4-8H2,1-3H3;1-4,8H;2-3H,1H3,(H2,6,7). The van der Waals surface area contributed by atoms with Gasteiger partial charge in [-0.2, -0.15) is 10.2 Å². The summed E-state index contributed by atoms with van der Waals surface area (Å²) in [7, 11) is 3.14. The maximum Gasteiger partial charge on any atom is 0.410 e. The average Bonchev–Trinajstić information content (AvgIpc) is 1.14. The summed E-state index contributed by atoms with van der Waals surface area (Å²) < 4.78 is 30.4. The second kappa shape index (κ2) is 40.3. The minimum Gasteiger partial charge on any atom is -0.506 e. The van der Waals surface area contributed by atoms with Gasteiger partial charge in [-0.1, -0.05) is 94.9 Å². The van der Waals surface area contributed by atoms with Gasteiger partial charge in [-0.3, -0.25) is 14.4 Å². The number of likely N-dealkylation sites (tertiary alicyclic amines) is 3. The van der Waals surface area contributed by atoms with Crippen LogP contribution in [0, 0.1) is 23.7 Å². The first-order valence-electron chi connectivity index (χ1n) is 32.1. The molecule has 4 aromatic carbocycles. The van der Waals surface area contributed by atoms with Crippen molar-refractivity contribution >= 4 is 70.3 Å². The molecule has 2 aromatic heterocycles. The molecule has 4 aliphatic rings. The van der Waals surface area contributed by atoms with Crippen molar-refractivity contribution in [1.29, 1.82) is 0 Å². The Hall–Kier alpha value is -7.27. The molecule has 0 atom stereocenters. The molecule has 4 saturated heterocycles. The molecule has 520 valence electrons. The number of aliphatic hydroxyl groups is 1. The molecule has 4 aliphatic heterocycles. The summed E-state index contributed by atoms with van der Waals surface area (Å²) in [6.45, 7) is 19.9. The van der Waals surface area contributed by atoms with Gasteiger partial charge in [0.2, 0.25) is 5.91 Å². The van der Waals surface area contributed by atoms with Gasteiger partial charge >= 0.3 is 12.2 Å². The number of ether oxygens (including phenoxy) is 5. The molecule has 6 heterocycles. The number of para-hydroxylation sites is 4. The number of amides is 3. The van der Waals surface area contributed by atoms with Crippen molar-refractivity contribution in [2.24, 2.45) is 37.8 Å². The van der Waals surface area contributed by atoms with E-state index in [1.54, 1.807) is 54.2 Å². The van der Waals surface area contributed by atoms with Gasteiger partial charge in [0.15, 0.2) is 0 Å². The lowest BCUT2D eigenvalue weighted by atomic mass is 9.97. The number of benzene rings is 4. The van der Waals surface area contributed by atoms with Gasteiger partial charge in [0.05, 0.1) is 52.0 Å². The first-order chi connectivity index (χ1) is 45.2. The van der Waals surface area contributed by atoms with Crippen LogP contribution in [0.25, 0.3) is 0 Å². The predicted molar refractivity (Wildman–Crippen MR) is 374 cm³/mol. The molecule has 0 aliphatic carbocycles. The Bertz CT molecular complexity index is 3390. The summed E-state index contributed by atoms with van der Waals surface area (Å²) >= 11 is 23.6. The number of phenols is 1. The second-order valence-electron chi connectivity index (χ2n) is 25.4. The van der Waals surface area contributed by atoms with E-state index in [0.29, 0.717) is 114 Å². The van der Waals surface area contributed by atoms with Crippen LogP contribution >= 0.6 is 46.4 Å². The van der Waals surface area contributed by atoms with Gasteiger partial charge < -0.3 is 59.6 Å². The highest BCUT2D eigenvalue weighted by Crippen LogP contribution is 2.29. The minimum absolute atomic E-state index is 0.0432. The lowest BCUT2D eigenvalue weighted by Gasteiger charge is -2.33. The molecule has 0 spiro atoms. The Labute approximate surface area is 578 Å². The number of rotatable bonds is 12. The first-order valence-corrected chi connectivity index (χ1v) is 33.6. The highest BCUT2D eigenvalue weighted by atomic mass is 35.5. The molecule has 95 heavy (non-hydrogen) atoms. The molecule has 0 bridgehead atoms. The monoisotopic (exact) mass is 1390 g/mol. The number of hydrogen-bond donors (Lipinski definition) is 4. The SMILES string of the molecule is CC(C)(C)OC(=O)N1CCC(CO)CC1.CC(C)(C)OC(=O)N1CCC(COc2ccccc2Cl)CC1.Clc1ccccc1OCC1CCNCC1.Cn1nc(CC(=O)N2CCC(COc3ccccc3Cl)CC2)ccc1=O.Cn1nc(N)ccc1=O.Oc1ccccc1Cl. The average molecular weight is 1400 g/mol. The summed E-state index contributed by atoms with van der Waals surface area (Å²) in [6.07, 6.45) is 7.54. The number of aromatic nitrogens is 4. The van der Waals surface area contributed by atoms with E-state index in [4.69, 9.17) is 86.0 Å². The van der Waals surface area contributed by atoms with Gasteiger partial charge in [0, 0.05) is 72.1 Å². The summed E-state index contributed by atoms with van der Waals surface area (Å²) in [5, 5.41) is 31.2. The van der Waals surface area contributed by atoms with Gasteiger partial charge in [-0.05, 0) is 190 Å². The van der Waals surface area contributed by atoms with Crippen LogP contribution in [0.15, 0.2) is 131 Å². The number of carbonyl (C=O) groups excluding carboxylic acids is 3. The molecule has 0 saturated carbocycles. The molecule has 21 nitrogen and oxygen atoms in total. The molecule has 5 N–H and O–H groups in total. The van der Waals surface area contributed by atoms with E-state index in [9.17, 15) is 24.0 Å². The van der Waals surface area contributed by atoms with Gasteiger partial charge in [-0.25, -0.2) is 19.0 Å². The van der Waals surface area contributed by atoms with Gasteiger partial charge in [0.25, 0.3) is 11.1 Å². The Kier molecular flexibility index (Phi) is 33.3. The highest BCUT2D eigenvalue weighted by Gasteiger charge is 2.29. The normalized spacial score (nSPS) is 15.4. The number of nitrogens with one attached hydrogen (secondary N) is 1. The number of anilines is 1. The lowest BCUT2D eigenvalue weighted by Crippen LogP contribution is -2.42. The molecule has 25 heteroatoms. The fourth-order valence-electron chi connectivity index (χ4n) is 9.82. The first kappa shape index (κ1) is 78.4. The zero-order valence-corrected chi connectivity index (χ0v) is 58.9. The number of aromatic hydroxyl groups is 1. The number of hydrogen-bond acceptors (Lipinski definition) is 16. The van der Waals surface area contributed by atoms with Crippen molar-refractivity contribution in [3.8, 4) is 23.0 Å². The molecular weight excluding hydrogens is 1300 g/mol. The molecule has 0 unspecified atom stereocenters. The summed E-state index contributed by atoms with van der Waals surface area (Å²) in [4.78, 5) is 63.4. The minimum atomic E-state index is -0.443. The number of nitrogen functional groups attached to an aromatic ring is 1. The third-order valence-electron chi connectivity index (χ3n) is 15.3. The Morgan fingerprint density at radius 3 is 1.21 bits per heavy atom. The van der Waals surface area contributed by atoms with Crippen LogP contribution in [0.1, 0.15) is 98.6 Å². The zero-order chi connectivity index (χ0) is 69.5. The summed E-state index contributed by atoms with van der Waals surface area (Å²) in [5.41, 5.74) is 4.67. The van der Waals surface area contributed by atoms with Crippen LogP contribution < -0.4 is 36.4 Å². The van der Waals surface area contributed by atoms with Crippen LogP contribution in [-0.2, 0) is 34.8 Å². The fraction of sp³-hybridized carbons (Fsp3) is 0.500. The highest BCUT2D eigenvalue weighted by molar-refractivity contribution is 6.33. The van der Waals surface area contributed by atoms with Crippen LogP contribution in [0.3, 0.4) is 0 Å². The Balaban J connectivity index is 0.000000215. The van der Waals surface area contributed by atoms with Crippen molar-refractivity contribution in [2.75, 3.05) is 84.5 Å². The lowest BCUT2D eigenvalue weighted by molar-refractivity contribution is -0.132. The maximum absolute atomic E-state index is 12.4. The third-order valence-corrected chi connectivity index (χ3v) is 16.6. The predicted octanol–water partition coefficient (Wildman–Crippen LogP) is 12.4. The fourth-order valence-corrected chi connectivity index (χ4v) is 10.5. The van der Waals surface area contributed by atoms with E-state index in [-0.39, 0.29) is 48.0 Å². The zero-order valence-electron chi connectivity index (χ0n) is 55.9. The maximum atomic E-state index is 12.4. The van der Waals surface area contributed by atoms with E-state index in [2.05, 4.69) is 15.5 Å². The molecule has 0 radical (unpaired) electrons. The van der Waals surface area contributed by atoms with Gasteiger partial charge in [-0.15, -0.1) is 0 Å². The van der Waals surface area contributed by atoms with E-state index in [0.717, 1.165) is 69.7 Å². The second-order valence-corrected chi connectivity index (χ2v) is 27.0. The topological polar surface area (TPSA) is 255 Å².